The Balaban J connectivity index is 2.16. The number of epoxide rings is 1. The van der Waals surface area contributed by atoms with Gasteiger partial charge in [-0.1, -0.05) is 51.7 Å². The van der Waals surface area contributed by atoms with Crippen molar-refractivity contribution in [2.24, 2.45) is 0 Å². The molecule has 14 heavy (non-hydrogen) atoms. The van der Waals surface area contributed by atoms with Gasteiger partial charge in [-0.2, -0.15) is 0 Å². The van der Waals surface area contributed by atoms with Crippen molar-refractivity contribution >= 4 is 8.07 Å². The van der Waals surface area contributed by atoms with Gasteiger partial charge in [0, 0.05) is 0 Å². The molecule has 0 aromatic rings. The molecule has 0 aliphatic carbocycles. The average molecular weight is 210 g/mol. The Morgan fingerprint density at radius 2 is 1.93 bits per heavy atom. The molecule has 0 unspecified atom stereocenters. The maximum Gasteiger partial charge on any atom is 0.144 e. The zero-order chi connectivity index (χ0) is 10.6. The summed E-state index contributed by atoms with van der Waals surface area (Å²) in [6, 6.07) is 0. The van der Waals surface area contributed by atoms with Gasteiger partial charge in [0.05, 0.1) is 6.10 Å². The summed E-state index contributed by atoms with van der Waals surface area (Å²) in [7, 11) is -1.19. The van der Waals surface area contributed by atoms with Gasteiger partial charge in [-0.3, -0.25) is 0 Å². The zero-order valence-electron chi connectivity index (χ0n) is 9.89. The Labute approximate surface area is 89.2 Å². The minimum Gasteiger partial charge on any atom is -0.356 e. The molecular weight excluding hydrogens is 188 g/mol. The molecule has 1 fully saturated rings. The van der Waals surface area contributed by atoms with Crippen molar-refractivity contribution in [1.82, 2.24) is 0 Å². The van der Waals surface area contributed by atoms with Gasteiger partial charge in [0.15, 0.2) is 0 Å². The summed E-state index contributed by atoms with van der Waals surface area (Å²) in [6.07, 6.45) is 5.86. The van der Waals surface area contributed by atoms with Crippen molar-refractivity contribution in [3.63, 3.8) is 0 Å². The second kappa shape index (κ2) is 5.00. The molecule has 2 heteroatoms. The lowest BCUT2D eigenvalue weighted by Crippen LogP contribution is -2.16. The Morgan fingerprint density at radius 3 is 2.50 bits per heavy atom. The van der Waals surface area contributed by atoms with Crippen LogP contribution >= 0.6 is 0 Å². The SMILES string of the molecule is CCCCC[C@@H]1O[C@@H]1C#C[Si](C)(C)C. The van der Waals surface area contributed by atoms with Crippen LogP contribution in [0.4, 0.5) is 0 Å². The van der Waals surface area contributed by atoms with Crippen LogP contribution in [0.15, 0.2) is 0 Å². The molecule has 0 N–H and O–H groups in total. The monoisotopic (exact) mass is 210 g/mol. The smallest absolute Gasteiger partial charge is 0.144 e. The minimum atomic E-state index is -1.19. The third-order valence-electron chi connectivity index (χ3n) is 2.26. The highest BCUT2D eigenvalue weighted by Crippen LogP contribution is 2.26. The number of ether oxygens (including phenoxy) is 1. The highest BCUT2D eigenvalue weighted by molar-refractivity contribution is 6.83. The predicted octanol–water partition coefficient (Wildman–Crippen LogP) is 3.21. The van der Waals surface area contributed by atoms with Crippen LogP contribution in [0.2, 0.25) is 19.6 Å². The van der Waals surface area contributed by atoms with E-state index >= 15 is 0 Å². The molecule has 80 valence electrons. The normalized spacial score (nSPS) is 25.4. The minimum absolute atomic E-state index is 0.276. The van der Waals surface area contributed by atoms with E-state index in [1.165, 1.54) is 25.7 Å². The van der Waals surface area contributed by atoms with Gasteiger partial charge in [0.2, 0.25) is 0 Å². The number of rotatable bonds is 4. The first kappa shape index (κ1) is 11.8. The maximum absolute atomic E-state index is 5.51. The van der Waals surface area contributed by atoms with E-state index in [1.807, 2.05) is 0 Å². The average Bonchev–Trinajstić information content (AvgIpc) is 2.80. The zero-order valence-corrected chi connectivity index (χ0v) is 10.9. The summed E-state index contributed by atoms with van der Waals surface area (Å²) >= 11 is 0. The summed E-state index contributed by atoms with van der Waals surface area (Å²) in [4.78, 5) is 0. The van der Waals surface area contributed by atoms with Crippen LogP contribution in [0.3, 0.4) is 0 Å². The molecule has 1 aliphatic heterocycles. The highest BCUT2D eigenvalue weighted by atomic mass is 28.3. The molecule has 0 saturated carbocycles. The van der Waals surface area contributed by atoms with Gasteiger partial charge in [-0.05, 0) is 6.42 Å². The van der Waals surface area contributed by atoms with E-state index in [0.717, 1.165) is 0 Å². The fraction of sp³-hybridized carbons (Fsp3) is 0.833. The van der Waals surface area contributed by atoms with Crippen molar-refractivity contribution in [3.8, 4) is 11.5 Å². The third-order valence-corrected chi connectivity index (χ3v) is 3.16. The molecule has 0 aromatic carbocycles. The van der Waals surface area contributed by atoms with Gasteiger partial charge in [-0.25, -0.2) is 0 Å². The van der Waals surface area contributed by atoms with Crippen LogP contribution in [-0.4, -0.2) is 20.3 Å². The van der Waals surface area contributed by atoms with Gasteiger partial charge in [0.25, 0.3) is 0 Å². The van der Waals surface area contributed by atoms with Crippen molar-refractivity contribution in [1.29, 1.82) is 0 Å². The summed E-state index contributed by atoms with van der Waals surface area (Å²) in [5.74, 6) is 3.26. The summed E-state index contributed by atoms with van der Waals surface area (Å²) in [6.45, 7) is 9.05. The van der Waals surface area contributed by atoms with E-state index in [1.54, 1.807) is 0 Å². The lowest BCUT2D eigenvalue weighted by Gasteiger charge is -2.02. The summed E-state index contributed by atoms with van der Waals surface area (Å²) < 4.78 is 5.51. The van der Waals surface area contributed by atoms with E-state index in [9.17, 15) is 0 Å². The Morgan fingerprint density at radius 1 is 1.21 bits per heavy atom. The molecule has 1 saturated heterocycles. The van der Waals surface area contributed by atoms with Gasteiger partial charge >= 0.3 is 0 Å². The van der Waals surface area contributed by atoms with E-state index < -0.39 is 8.07 Å². The van der Waals surface area contributed by atoms with Crippen molar-refractivity contribution < 1.29 is 4.74 Å². The van der Waals surface area contributed by atoms with E-state index in [-0.39, 0.29) is 6.10 Å². The van der Waals surface area contributed by atoms with Crippen LogP contribution in [0.25, 0.3) is 0 Å². The lowest BCUT2D eigenvalue weighted by molar-refractivity contribution is 0.376. The first-order chi connectivity index (χ1) is 6.53. The highest BCUT2D eigenvalue weighted by Gasteiger charge is 2.36. The number of hydrogen-bond donors (Lipinski definition) is 0. The van der Waals surface area contributed by atoms with Gasteiger partial charge < -0.3 is 4.74 Å². The van der Waals surface area contributed by atoms with E-state index in [2.05, 4.69) is 38.0 Å². The van der Waals surface area contributed by atoms with Crippen LogP contribution < -0.4 is 0 Å². The van der Waals surface area contributed by atoms with Crippen molar-refractivity contribution in [3.05, 3.63) is 0 Å². The molecule has 0 aromatic heterocycles. The Bertz CT molecular complexity index is 231. The second-order valence-electron chi connectivity index (χ2n) is 5.11. The molecule has 1 rings (SSSR count). The maximum atomic E-state index is 5.51. The van der Waals surface area contributed by atoms with Crippen molar-refractivity contribution in [2.45, 2.75) is 64.5 Å². The first-order valence-electron chi connectivity index (χ1n) is 5.71. The van der Waals surface area contributed by atoms with Gasteiger partial charge in [-0.15, -0.1) is 5.54 Å². The predicted molar refractivity (Wildman–Crippen MR) is 63.9 cm³/mol. The van der Waals surface area contributed by atoms with Crippen LogP contribution in [0, 0.1) is 11.5 Å². The Kier molecular flexibility index (Phi) is 4.22. The van der Waals surface area contributed by atoms with Crippen LogP contribution in [0.1, 0.15) is 32.6 Å². The number of hydrogen-bond acceptors (Lipinski definition) is 1. The molecular formula is C12H22OSi. The van der Waals surface area contributed by atoms with Crippen LogP contribution in [0.5, 0.6) is 0 Å². The van der Waals surface area contributed by atoms with Crippen LogP contribution in [-0.2, 0) is 4.74 Å². The van der Waals surface area contributed by atoms with E-state index in [4.69, 9.17) is 4.74 Å². The molecule has 0 amide bonds. The third kappa shape index (κ3) is 4.83. The summed E-state index contributed by atoms with van der Waals surface area (Å²) in [5, 5.41) is 0. The fourth-order valence-corrected chi connectivity index (χ4v) is 1.95. The topological polar surface area (TPSA) is 12.5 Å². The molecule has 1 aliphatic rings. The largest absolute Gasteiger partial charge is 0.356 e. The van der Waals surface area contributed by atoms with Gasteiger partial charge in [0.1, 0.15) is 14.2 Å². The quantitative estimate of drug-likeness (QED) is 0.300. The molecule has 0 radical (unpaired) electrons. The molecule has 2 atom stereocenters. The fourth-order valence-electron chi connectivity index (χ4n) is 1.37. The lowest BCUT2D eigenvalue weighted by atomic mass is 10.1. The van der Waals surface area contributed by atoms with Crippen molar-refractivity contribution in [2.75, 3.05) is 0 Å². The standard InChI is InChI=1S/C12H22OSi/c1-5-6-7-8-11-12(13-11)9-10-14(2,3)4/h11-12H,5-8H2,1-4H3/t11-,12+/m0/s1. The van der Waals surface area contributed by atoms with E-state index in [0.29, 0.717) is 6.10 Å². The molecule has 1 nitrogen and oxygen atoms in total. The Hall–Kier alpha value is -0.263. The second-order valence-corrected chi connectivity index (χ2v) is 9.86. The summed E-state index contributed by atoms with van der Waals surface area (Å²) in [5.41, 5.74) is 3.37. The molecule has 0 bridgehead atoms. The molecule has 0 spiro atoms. The first-order valence-corrected chi connectivity index (χ1v) is 9.21. The number of unbranched alkanes of at least 4 members (excludes halogenated alkanes) is 2. The molecule has 1 heterocycles.